The Balaban J connectivity index is 4.16. The van der Waals surface area contributed by atoms with Crippen molar-refractivity contribution in [2.24, 2.45) is 0 Å². The SMILES string of the molecule is CC/C=C\C/C=C\C/C=C\C/C=C\C/C=C\CCCC(=O)OC(COC(=O)CCCCCCC)COP(=O)(O)O. The minimum atomic E-state index is -4.75. The van der Waals surface area contributed by atoms with Crippen LogP contribution in [0.3, 0.4) is 0 Å². The van der Waals surface area contributed by atoms with E-state index in [1.54, 1.807) is 0 Å². The van der Waals surface area contributed by atoms with Gasteiger partial charge in [-0.1, -0.05) is 100 Å². The quantitative estimate of drug-likeness (QED) is 0.0484. The first kappa shape index (κ1) is 37.8. The Bertz CT molecular complexity index is 838. The van der Waals surface area contributed by atoms with E-state index < -0.39 is 32.5 Å². The van der Waals surface area contributed by atoms with Gasteiger partial charge in [-0.25, -0.2) is 4.57 Å². The number of hydrogen-bond acceptors (Lipinski definition) is 6. The topological polar surface area (TPSA) is 119 Å². The van der Waals surface area contributed by atoms with Crippen LogP contribution < -0.4 is 0 Å². The Kier molecular flexibility index (Phi) is 25.4. The maximum Gasteiger partial charge on any atom is 0.469 e. The Morgan fingerprint density at radius 3 is 1.75 bits per heavy atom. The Morgan fingerprint density at radius 1 is 0.675 bits per heavy atom. The molecule has 0 amide bonds. The first-order valence-corrected chi connectivity index (χ1v) is 16.1. The van der Waals surface area contributed by atoms with Crippen molar-refractivity contribution in [1.29, 1.82) is 0 Å². The lowest BCUT2D eigenvalue weighted by Crippen LogP contribution is -2.29. The summed E-state index contributed by atoms with van der Waals surface area (Å²) in [4.78, 5) is 42.0. The number of esters is 2. The van der Waals surface area contributed by atoms with Gasteiger partial charge in [0, 0.05) is 12.8 Å². The maximum absolute atomic E-state index is 12.2. The number of rotatable bonds is 25. The minimum Gasteiger partial charge on any atom is -0.462 e. The van der Waals surface area contributed by atoms with Gasteiger partial charge in [-0.3, -0.25) is 14.1 Å². The predicted molar refractivity (Wildman–Crippen MR) is 161 cm³/mol. The highest BCUT2D eigenvalue weighted by Crippen LogP contribution is 2.35. The van der Waals surface area contributed by atoms with Crippen LogP contribution in [-0.2, 0) is 28.2 Å². The number of carbonyl (C=O) groups excluding carboxylic acids is 2. The van der Waals surface area contributed by atoms with Gasteiger partial charge in [-0.2, -0.15) is 0 Å². The monoisotopic (exact) mass is 582 g/mol. The molecule has 0 aromatic carbocycles. The molecule has 0 aliphatic rings. The molecule has 8 nitrogen and oxygen atoms in total. The molecule has 0 saturated carbocycles. The van der Waals surface area contributed by atoms with Gasteiger partial charge in [0.2, 0.25) is 0 Å². The molecule has 0 aromatic rings. The van der Waals surface area contributed by atoms with Crippen molar-refractivity contribution in [2.45, 2.75) is 110 Å². The first-order chi connectivity index (χ1) is 19.3. The lowest BCUT2D eigenvalue weighted by atomic mass is 10.1. The van der Waals surface area contributed by atoms with E-state index in [2.05, 4.69) is 67.0 Å². The smallest absolute Gasteiger partial charge is 0.462 e. The second-order valence-electron chi connectivity index (χ2n) is 9.35. The van der Waals surface area contributed by atoms with Crippen molar-refractivity contribution in [2.75, 3.05) is 13.2 Å². The molecule has 0 saturated heterocycles. The van der Waals surface area contributed by atoms with Gasteiger partial charge in [0.15, 0.2) is 6.10 Å². The summed E-state index contributed by atoms with van der Waals surface area (Å²) >= 11 is 0. The summed E-state index contributed by atoms with van der Waals surface area (Å²) in [6, 6.07) is 0. The normalized spacial score (nSPS) is 13.4. The van der Waals surface area contributed by atoms with E-state index in [1.807, 2.05) is 12.2 Å². The third-order valence-corrected chi connectivity index (χ3v) is 6.04. The number of phosphoric acid groups is 1. The van der Waals surface area contributed by atoms with Gasteiger partial charge in [0.1, 0.15) is 6.61 Å². The average Bonchev–Trinajstić information content (AvgIpc) is 2.91. The molecule has 0 aliphatic carbocycles. The fourth-order valence-corrected chi connectivity index (χ4v) is 3.77. The lowest BCUT2D eigenvalue weighted by Gasteiger charge is -2.18. The highest BCUT2D eigenvalue weighted by molar-refractivity contribution is 7.46. The summed E-state index contributed by atoms with van der Waals surface area (Å²) in [5, 5.41) is 0. The Hall–Kier alpha value is -2.25. The molecule has 2 N–H and O–H groups in total. The average molecular weight is 583 g/mol. The maximum atomic E-state index is 12.2. The standard InChI is InChI=1S/C31H51O8P/c1-3-5-7-9-10-11-12-13-14-15-16-17-18-19-20-22-24-26-31(33)39-29(28-38-40(34,35)36)27-37-30(32)25-23-21-8-6-4-2/h5,7,10-11,13-14,16-17,19-20,29H,3-4,6,8-9,12,15,18,21-28H2,1-2H3,(H2,34,35,36)/b7-5-,11-10-,14-13-,17-16-,20-19-. The fourth-order valence-electron chi connectivity index (χ4n) is 3.40. The Morgan fingerprint density at radius 2 is 1.20 bits per heavy atom. The molecule has 1 atom stereocenters. The molecule has 0 radical (unpaired) electrons. The highest BCUT2D eigenvalue weighted by Gasteiger charge is 2.22. The molecule has 0 heterocycles. The zero-order chi connectivity index (χ0) is 29.7. The van der Waals surface area contributed by atoms with Crippen LogP contribution in [0.2, 0.25) is 0 Å². The van der Waals surface area contributed by atoms with Crippen LogP contribution in [0.1, 0.15) is 104 Å². The van der Waals surface area contributed by atoms with Crippen molar-refractivity contribution >= 4 is 19.8 Å². The zero-order valence-corrected chi connectivity index (χ0v) is 25.4. The molecule has 9 heteroatoms. The van der Waals surface area contributed by atoms with Crippen molar-refractivity contribution < 1.29 is 37.9 Å². The van der Waals surface area contributed by atoms with Crippen LogP contribution in [0.4, 0.5) is 0 Å². The highest BCUT2D eigenvalue weighted by atomic mass is 31.2. The van der Waals surface area contributed by atoms with Gasteiger partial charge in [0.05, 0.1) is 6.61 Å². The second kappa shape index (κ2) is 26.9. The van der Waals surface area contributed by atoms with E-state index in [9.17, 15) is 14.2 Å². The van der Waals surface area contributed by atoms with Crippen LogP contribution in [-0.4, -0.2) is 41.0 Å². The van der Waals surface area contributed by atoms with E-state index in [0.717, 1.165) is 57.8 Å². The number of hydrogen-bond donors (Lipinski definition) is 2. The molecule has 0 aliphatic heterocycles. The summed E-state index contributed by atoms with van der Waals surface area (Å²) in [6.45, 7) is 3.37. The summed E-state index contributed by atoms with van der Waals surface area (Å²) in [7, 11) is -4.75. The van der Waals surface area contributed by atoms with Crippen molar-refractivity contribution in [1.82, 2.24) is 0 Å². The summed E-state index contributed by atoms with van der Waals surface area (Å²) < 4.78 is 25.9. The third kappa shape index (κ3) is 28.8. The molecule has 0 rings (SSSR count). The molecule has 0 spiro atoms. The zero-order valence-electron chi connectivity index (χ0n) is 24.5. The lowest BCUT2D eigenvalue weighted by molar-refractivity contribution is -0.161. The van der Waals surface area contributed by atoms with Crippen molar-refractivity contribution in [3.05, 3.63) is 60.8 Å². The van der Waals surface area contributed by atoms with Crippen LogP contribution in [0.25, 0.3) is 0 Å². The molecule has 0 bridgehead atoms. The third-order valence-electron chi connectivity index (χ3n) is 5.55. The summed E-state index contributed by atoms with van der Waals surface area (Å²) in [5.41, 5.74) is 0. The molecule has 0 fully saturated rings. The molecule has 228 valence electrons. The predicted octanol–water partition coefficient (Wildman–Crippen LogP) is 7.83. The Labute approximate surface area is 241 Å². The fraction of sp³-hybridized carbons (Fsp3) is 0.613. The number of allylic oxidation sites excluding steroid dienone is 10. The van der Waals surface area contributed by atoms with Gasteiger partial charge in [-0.15, -0.1) is 0 Å². The second-order valence-corrected chi connectivity index (χ2v) is 10.6. The number of unbranched alkanes of at least 4 members (excludes halogenated alkanes) is 5. The number of phosphoric ester groups is 1. The molecular weight excluding hydrogens is 531 g/mol. The van der Waals surface area contributed by atoms with Crippen LogP contribution >= 0.6 is 7.82 Å². The van der Waals surface area contributed by atoms with E-state index >= 15 is 0 Å². The van der Waals surface area contributed by atoms with Crippen molar-refractivity contribution in [3.63, 3.8) is 0 Å². The van der Waals surface area contributed by atoms with Gasteiger partial charge in [-0.05, 0) is 51.4 Å². The molecule has 1 unspecified atom stereocenters. The number of carbonyl (C=O) groups is 2. The largest absolute Gasteiger partial charge is 0.469 e. The molecular formula is C31H51O8P. The molecule has 0 aromatic heterocycles. The summed E-state index contributed by atoms with van der Waals surface area (Å²) in [6.07, 6.45) is 31.4. The molecule has 40 heavy (non-hydrogen) atoms. The van der Waals surface area contributed by atoms with Crippen LogP contribution in [0.5, 0.6) is 0 Å². The minimum absolute atomic E-state index is 0.131. The van der Waals surface area contributed by atoms with E-state index in [1.165, 1.54) is 0 Å². The van der Waals surface area contributed by atoms with Gasteiger partial charge < -0.3 is 19.3 Å². The summed E-state index contributed by atoms with van der Waals surface area (Å²) in [5.74, 6) is -0.977. The van der Waals surface area contributed by atoms with E-state index in [4.69, 9.17) is 19.3 Å². The number of ether oxygens (including phenoxy) is 2. The van der Waals surface area contributed by atoms with E-state index in [-0.39, 0.29) is 19.4 Å². The van der Waals surface area contributed by atoms with Gasteiger partial charge in [0.25, 0.3) is 0 Å². The van der Waals surface area contributed by atoms with Crippen molar-refractivity contribution in [3.8, 4) is 0 Å². The van der Waals surface area contributed by atoms with Crippen LogP contribution in [0, 0.1) is 0 Å². The van der Waals surface area contributed by atoms with Crippen LogP contribution in [0.15, 0.2) is 60.8 Å². The van der Waals surface area contributed by atoms with E-state index in [0.29, 0.717) is 19.3 Å². The first-order valence-electron chi connectivity index (χ1n) is 14.6. The van der Waals surface area contributed by atoms with Gasteiger partial charge >= 0.3 is 19.8 Å².